The zero-order valence-electron chi connectivity index (χ0n) is 14.3. The molecule has 0 aliphatic rings. The van der Waals surface area contributed by atoms with Gasteiger partial charge in [0.05, 0.1) is 0 Å². The second kappa shape index (κ2) is 12.4. The monoisotopic (exact) mass is 460 g/mol. The molecule has 2 aromatic rings. The zero-order chi connectivity index (χ0) is 17.7. The van der Waals surface area contributed by atoms with E-state index in [1.54, 1.807) is 0 Å². The van der Waals surface area contributed by atoms with E-state index < -0.39 is 33.1 Å². The van der Waals surface area contributed by atoms with Gasteiger partial charge in [-0.25, -0.2) is 0 Å². The molecule has 25 heavy (non-hydrogen) atoms. The molecule has 4 nitrogen and oxygen atoms in total. The van der Waals surface area contributed by atoms with Gasteiger partial charge in [-0.1, -0.05) is 0 Å². The Morgan fingerprint density at radius 2 is 1.08 bits per heavy atom. The molecule has 2 rings (SSSR count). The van der Waals surface area contributed by atoms with Gasteiger partial charge < -0.3 is 0 Å². The van der Waals surface area contributed by atoms with Crippen molar-refractivity contribution in [3.05, 3.63) is 71.8 Å². The molecule has 0 aliphatic carbocycles. The van der Waals surface area contributed by atoms with E-state index in [1.165, 1.54) is 0 Å². The molecule has 5 heteroatoms. The van der Waals surface area contributed by atoms with Gasteiger partial charge in [0.2, 0.25) is 0 Å². The molecule has 0 heterocycles. The molecule has 0 aliphatic heterocycles. The summed E-state index contributed by atoms with van der Waals surface area (Å²) >= 11 is -0.444. The van der Waals surface area contributed by atoms with Crippen LogP contribution in [0.15, 0.2) is 60.7 Å². The van der Waals surface area contributed by atoms with Gasteiger partial charge in [0.15, 0.2) is 0 Å². The average Bonchev–Trinajstić information content (AvgIpc) is 2.63. The summed E-state index contributed by atoms with van der Waals surface area (Å²) in [6.07, 6.45) is -0.882. The van der Waals surface area contributed by atoms with Crippen LogP contribution in [0.4, 0.5) is 0 Å². The summed E-state index contributed by atoms with van der Waals surface area (Å²) in [5, 5.41) is 19.9. The molecule has 0 fully saturated rings. The van der Waals surface area contributed by atoms with E-state index >= 15 is 0 Å². The summed E-state index contributed by atoms with van der Waals surface area (Å²) in [7, 11) is 0. The Hall–Kier alpha value is -0.930. The number of rotatable bonds is 12. The molecule has 0 saturated heterocycles. The third-order valence-electron chi connectivity index (χ3n) is 3.46. The third kappa shape index (κ3) is 9.36. The number of hydrogen-bond acceptors (Lipinski definition) is 4. The quantitative estimate of drug-likeness (QED) is 0.481. The van der Waals surface area contributed by atoms with Crippen LogP contribution in [0.1, 0.15) is 11.1 Å². The van der Waals surface area contributed by atoms with E-state index in [4.69, 9.17) is 9.47 Å². The minimum atomic E-state index is -0.444. The van der Waals surface area contributed by atoms with Crippen molar-refractivity contribution in [2.24, 2.45) is 0 Å². The van der Waals surface area contributed by atoms with Crippen LogP contribution in [0.5, 0.6) is 0 Å². The van der Waals surface area contributed by atoms with Gasteiger partial charge in [-0.15, -0.1) is 0 Å². The SMILES string of the molecule is O[C@H](COCc1ccccc1)C[Te]C[C@H](O)COCc1ccccc1. The summed E-state index contributed by atoms with van der Waals surface area (Å²) in [6.45, 7) is 1.74. The van der Waals surface area contributed by atoms with Gasteiger partial charge in [-0.3, -0.25) is 0 Å². The fourth-order valence-electron chi connectivity index (χ4n) is 2.21. The van der Waals surface area contributed by atoms with Crippen molar-refractivity contribution in [1.82, 2.24) is 0 Å². The fourth-order valence-corrected chi connectivity index (χ4v) is 4.70. The predicted molar refractivity (Wildman–Crippen MR) is 99.6 cm³/mol. The molecule has 136 valence electrons. The van der Waals surface area contributed by atoms with Crippen molar-refractivity contribution in [3.63, 3.8) is 0 Å². The van der Waals surface area contributed by atoms with E-state index in [-0.39, 0.29) is 0 Å². The first-order chi connectivity index (χ1) is 12.2. The summed E-state index contributed by atoms with van der Waals surface area (Å²) in [5.74, 6) is 0. The van der Waals surface area contributed by atoms with E-state index in [2.05, 4.69) is 0 Å². The standard InChI is InChI=1S/C20H26O4Te/c21-19(13-23-11-17-7-3-1-4-8-17)15-25-16-20(22)14-24-12-18-9-5-2-6-10-18/h1-10,19-22H,11-16H2/t19-,20-/m1/s1. The van der Waals surface area contributed by atoms with Gasteiger partial charge in [0.1, 0.15) is 0 Å². The van der Waals surface area contributed by atoms with Crippen LogP contribution in [0.25, 0.3) is 0 Å². The summed E-state index contributed by atoms with van der Waals surface area (Å²) < 4.78 is 12.6. The second-order valence-corrected chi connectivity index (χ2v) is 8.91. The molecule has 0 unspecified atom stereocenters. The molecule has 0 spiro atoms. The molecule has 2 atom stereocenters. The first-order valence-electron chi connectivity index (χ1n) is 8.41. The normalized spacial score (nSPS) is 13.5. The maximum atomic E-state index is 9.96. The van der Waals surface area contributed by atoms with Crippen molar-refractivity contribution >= 4 is 20.9 Å². The van der Waals surface area contributed by atoms with Crippen molar-refractivity contribution < 1.29 is 19.7 Å². The van der Waals surface area contributed by atoms with Crippen molar-refractivity contribution in [3.8, 4) is 0 Å². The number of aliphatic hydroxyl groups is 2. The molecular formula is C20H26O4Te. The zero-order valence-corrected chi connectivity index (χ0v) is 16.6. The van der Waals surface area contributed by atoms with E-state index in [1.807, 2.05) is 60.7 Å². The van der Waals surface area contributed by atoms with E-state index in [0.29, 0.717) is 26.4 Å². The van der Waals surface area contributed by atoms with Crippen LogP contribution in [0.3, 0.4) is 0 Å². The number of aliphatic hydroxyl groups excluding tert-OH is 2. The van der Waals surface area contributed by atoms with Gasteiger partial charge >= 0.3 is 160 Å². The van der Waals surface area contributed by atoms with Crippen LogP contribution < -0.4 is 0 Å². The molecule has 0 radical (unpaired) electrons. The van der Waals surface area contributed by atoms with Gasteiger partial charge in [0.25, 0.3) is 0 Å². The van der Waals surface area contributed by atoms with E-state index in [9.17, 15) is 10.2 Å². The maximum absolute atomic E-state index is 9.96. The molecule has 2 N–H and O–H groups in total. The van der Waals surface area contributed by atoms with Crippen LogP contribution in [0.2, 0.25) is 8.94 Å². The molecule has 0 bridgehead atoms. The Morgan fingerprint density at radius 1 is 0.680 bits per heavy atom. The molecule has 0 saturated carbocycles. The van der Waals surface area contributed by atoms with Gasteiger partial charge in [0, 0.05) is 0 Å². The van der Waals surface area contributed by atoms with Crippen molar-refractivity contribution in [2.45, 2.75) is 34.4 Å². The Morgan fingerprint density at radius 3 is 1.48 bits per heavy atom. The Labute approximate surface area is 159 Å². The fraction of sp³-hybridized carbons (Fsp3) is 0.400. The first kappa shape index (κ1) is 20.4. The minimum absolute atomic E-state index is 0.347. The summed E-state index contributed by atoms with van der Waals surface area (Å²) in [5.41, 5.74) is 2.22. The Kier molecular flexibility index (Phi) is 10.1. The number of benzene rings is 2. The second-order valence-electron chi connectivity index (χ2n) is 5.85. The van der Waals surface area contributed by atoms with Crippen LogP contribution in [-0.2, 0) is 22.7 Å². The Balaban J connectivity index is 1.48. The summed E-state index contributed by atoms with van der Waals surface area (Å²) in [4.78, 5) is 0. The summed E-state index contributed by atoms with van der Waals surface area (Å²) in [6, 6.07) is 19.9. The number of hydrogen-bond donors (Lipinski definition) is 2. The Bertz CT molecular complexity index is 513. The topological polar surface area (TPSA) is 58.9 Å². The first-order valence-corrected chi connectivity index (χ1v) is 11.7. The third-order valence-corrected chi connectivity index (χ3v) is 7.01. The number of ether oxygens (including phenoxy) is 2. The molecule has 0 aromatic heterocycles. The van der Waals surface area contributed by atoms with E-state index in [0.717, 1.165) is 20.1 Å². The van der Waals surface area contributed by atoms with Crippen LogP contribution in [-0.4, -0.2) is 56.6 Å². The van der Waals surface area contributed by atoms with Crippen molar-refractivity contribution in [2.75, 3.05) is 13.2 Å². The van der Waals surface area contributed by atoms with Gasteiger partial charge in [-0.2, -0.15) is 0 Å². The average molecular weight is 458 g/mol. The molecular weight excluding hydrogens is 432 g/mol. The van der Waals surface area contributed by atoms with Crippen LogP contribution in [0, 0.1) is 0 Å². The van der Waals surface area contributed by atoms with Crippen LogP contribution >= 0.6 is 0 Å². The van der Waals surface area contributed by atoms with Crippen molar-refractivity contribution in [1.29, 1.82) is 0 Å². The predicted octanol–water partition coefficient (Wildman–Crippen LogP) is 2.68. The molecule has 2 aromatic carbocycles. The molecule has 0 amide bonds. The van der Waals surface area contributed by atoms with Gasteiger partial charge in [-0.05, 0) is 0 Å².